The van der Waals surface area contributed by atoms with E-state index in [1.165, 1.54) is 22.9 Å². The first-order chi connectivity index (χ1) is 15.3. The van der Waals surface area contributed by atoms with Crippen LogP contribution in [-0.4, -0.2) is 50.0 Å². The summed E-state index contributed by atoms with van der Waals surface area (Å²) in [7, 11) is 0. The summed E-state index contributed by atoms with van der Waals surface area (Å²) in [4.78, 5) is 25.7. The maximum atomic E-state index is 13.8. The van der Waals surface area contributed by atoms with Crippen molar-refractivity contribution in [2.45, 2.75) is 30.3 Å². The number of carbonyl (C=O) groups is 2. The van der Waals surface area contributed by atoms with Gasteiger partial charge in [0.25, 0.3) is 0 Å². The van der Waals surface area contributed by atoms with E-state index in [9.17, 15) is 22.8 Å². The highest BCUT2D eigenvalue weighted by Gasteiger charge is 2.48. The summed E-state index contributed by atoms with van der Waals surface area (Å²) in [5, 5.41) is 14.1. The number of anilines is 2. The molecule has 4 rings (SSSR count). The lowest BCUT2D eigenvalue weighted by Crippen LogP contribution is -2.50. The predicted molar refractivity (Wildman–Crippen MR) is 111 cm³/mol. The molecule has 2 aromatic carbocycles. The summed E-state index contributed by atoms with van der Waals surface area (Å²) in [6, 6.07) is 13.0. The second kappa shape index (κ2) is 8.99. The Bertz CT molecular complexity index is 1120. The highest BCUT2D eigenvalue weighted by Crippen LogP contribution is 2.38. The fourth-order valence-corrected chi connectivity index (χ4v) is 4.08. The number of carbonyl (C=O) groups excluding carboxylic acids is 2. The van der Waals surface area contributed by atoms with E-state index in [1.807, 2.05) is 30.3 Å². The normalized spacial score (nSPS) is 16.3. The maximum Gasteiger partial charge on any atom is 0.409 e. The lowest BCUT2D eigenvalue weighted by Gasteiger charge is -2.31. The van der Waals surface area contributed by atoms with Crippen molar-refractivity contribution in [2.75, 3.05) is 16.0 Å². The van der Waals surface area contributed by atoms with Crippen molar-refractivity contribution >= 4 is 35.0 Å². The van der Waals surface area contributed by atoms with E-state index in [4.69, 9.17) is 0 Å². The smallest absolute Gasteiger partial charge is 0.324 e. The highest BCUT2D eigenvalue weighted by molar-refractivity contribution is 7.99. The third kappa shape index (κ3) is 4.74. The molecule has 0 bridgehead atoms. The number of benzene rings is 2. The second-order valence-corrected chi connectivity index (χ2v) is 7.93. The molecule has 8 nitrogen and oxygen atoms in total. The molecule has 32 heavy (non-hydrogen) atoms. The molecule has 0 saturated heterocycles. The standard InChI is InChI=1S/C20H17F3N6O2S/c21-20(22,23)16-10-17(30)24-14-8-4-5-9-15(14)29(16)18(31)12-32-19-25-26-27-28(19)11-13-6-2-1-3-7-13/h1-9,16H,10-12H2,(H,24,30). The monoisotopic (exact) mass is 462 g/mol. The third-order valence-corrected chi connectivity index (χ3v) is 5.72. The van der Waals surface area contributed by atoms with Gasteiger partial charge >= 0.3 is 6.18 Å². The van der Waals surface area contributed by atoms with Gasteiger partial charge < -0.3 is 5.32 Å². The SMILES string of the molecule is O=C1CC(C(F)(F)F)N(C(=O)CSc2nnnn2Cc2ccccc2)c2ccccc2N1. The van der Waals surface area contributed by atoms with Gasteiger partial charge in [0, 0.05) is 0 Å². The summed E-state index contributed by atoms with van der Waals surface area (Å²) >= 11 is 0.933. The van der Waals surface area contributed by atoms with Crippen molar-refractivity contribution in [2.24, 2.45) is 0 Å². The first-order valence-electron chi connectivity index (χ1n) is 9.53. The number of nitrogens with one attached hydrogen (secondary N) is 1. The molecule has 0 aliphatic carbocycles. The third-order valence-electron chi connectivity index (χ3n) is 4.77. The average molecular weight is 462 g/mol. The van der Waals surface area contributed by atoms with Crippen molar-refractivity contribution in [1.29, 1.82) is 0 Å². The van der Waals surface area contributed by atoms with E-state index in [0.29, 0.717) is 16.6 Å². The molecule has 1 N–H and O–H groups in total. The quantitative estimate of drug-likeness (QED) is 0.586. The molecule has 1 aliphatic heterocycles. The summed E-state index contributed by atoms with van der Waals surface area (Å²) in [6.45, 7) is 0.348. The van der Waals surface area contributed by atoms with Crippen LogP contribution in [0.2, 0.25) is 0 Å². The van der Waals surface area contributed by atoms with Crippen LogP contribution < -0.4 is 10.2 Å². The fraction of sp³-hybridized carbons (Fsp3) is 0.250. The van der Waals surface area contributed by atoms with Gasteiger partial charge in [-0.25, -0.2) is 4.68 Å². The summed E-state index contributed by atoms with van der Waals surface area (Å²) in [6.07, 6.45) is -5.68. The van der Waals surface area contributed by atoms with Gasteiger partial charge in [-0.15, -0.1) is 5.10 Å². The maximum absolute atomic E-state index is 13.8. The number of alkyl halides is 3. The molecular weight excluding hydrogens is 445 g/mol. The molecular formula is C20H17F3N6O2S. The predicted octanol–water partition coefficient (Wildman–Crippen LogP) is 3.12. The van der Waals surface area contributed by atoms with E-state index in [1.54, 1.807) is 6.07 Å². The van der Waals surface area contributed by atoms with Gasteiger partial charge in [0.2, 0.25) is 17.0 Å². The Morgan fingerprint density at radius 3 is 2.59 bits per heavy atom. The molecule has 0 radical (unpaired) electrons. The topological polar surface area (TPSA) is 93.0 Å². The van der Waals surface area contributed by atoms with Gasteiger partial charge in [-0.3, -0.25) is 14.5 Å². The molecule has 0 saturated carbocycles. The van der Waals surface area contributed by atoms with E-state index < -0.39 is 30.5 Å². The minimum absolute atomic E-state index is 0.00449. The van der Waals surface area contributed by atoms with Crippen molar-refractivity contribution in [3.8, 4) is 0 Å². The zero-order chi connectivity index (χ0) is 22.7. The Labute approximate surface area is 184 Å². The van der Waals surface area contributed by atoms with E-state index in [0.717, 1.165) is 17.3 Å². The van der Waals surface area contributed by atoms with Gasteiger partial charge in [-0.1, -0.05) is 54.2 Å². The Kier molecular flexibility index (Phi) is 6.12. The number of para-hydroxylation sites is 2. The number of nitrogens with zero attached hydrogens (tertiary/aromatic N) is 5. The number of halogens is 3. The number of hydrogen-bond acceptors (Lipinski definition) is 6. The molecule has 0 spiro atoms. The van der Waals surface area contributed by atoms with Crippen LogP contribution in [0.4, 0.5) is 24.5 Å². The van der Waals surface area contributed by atoms with Crippen molar-refractivity contribution < 1.29 is 22.8 Å². The molecule has 166 valence electrons. The van der Waals surface area contributed by atoms with Crippen LogP contribution in [0.25, 0.3) is 0 Å². The molecule has 1 aromatic heterocycles. The van der Waals surface area contributed by atoms with E-state index >= 15 is 0 Å². The van der Waals surface area contributed by atoms with Crippen molar-refractivity contribution in [3.63, 3.8) is 0 Å². The molecule has 1 atom stereocenters. The molecule has 1 unspecified atom stereocenters. The van der Waals surface area contributed by atoms with Gasteiger partial charge in [0.15, 0.2) is 0 Å². The summed E-state index contributed by atoms with van der Waals surface area (Å²) in [5.74, 6) is -1.96. The largest absolute Gasteiger partial charge is 0.409 e. The van der Waals surface area contributed by atoms with Crippen molar-refractivity contribution in [1.82, 2.24) is 20.2 Å². The molecule has 3 aromatic rings. The number of hydrogen-bond donors (Lipinski definition) is 1. The van der Waals surface area contributed by atoms with Crippen LogP contribution >= 0.6 is 11.8 Å². The van der Waals surface area contributed by atoms with Gasteiger partial charge in [-0.05, 0) is 28.1 Å². The summed E-state index contributed by atoms with van der Waals surface area (Å²) in [5.41, 5.74) is 1.07. The lowest BCUT2D eigenvalue weighted by molar-refractivity contribution is -0.157. The first-order valence-corrected chi connectivity index (χ1v) is 10.5. The van der Waals surface area contributed by atoms with Gasteiger partial charge in [0.05, 0.1) is 30.1 Å². The van der Waals surface area contributed by atoms with Crippen LogP contribution in [0.3, 0.4) is 0 Å². The van der Waals surface area contributed by atoms with Gasteiger partial charge in [0.1, 0.15) is 6.04 Å². The fourth-order valence-electron chi connectivity index (χ4n) is 3.35. The minimum Gasteiger partial charge on any atom is -0.324 e. The van der Waals surface area contributed by atoms with Gasteiger partial charge in [-0.2, -0.15) is 13.2 Å². The highest BCUT2D eigenvalue weighted by atomic mass is 32.2. The second-order valence-electron chi connectivity index (χ2n) is 6.98. The zero-order valence-electron chi connectivity index (χ0n) is 16.5. The average Bonchev–Trinajstić information content (AvgIpc) is 3.12. The van der Waals surface area contributed by atoms with E-state index in [2.05, 4.69) is 20.8 Å². The minimum atomic E-state index is -4.79. The number of tetrazole rings is 1. The van der Waals surface area contributed by atoms with Crippen molar-refractivity contribution in [3.05, 3.63) is 60.2 Å². The number of rotatable bonds is 5. The van der Waals surface area contributed by atoms with Crippen LogP contribution in [0.15, 0.2) is 59.8 Å². The number of amides is 2. The molecule has 0 fully saturated rings. The summed E-state index contributed by atoms with van der Waals surface area (Å²) < 4.78 is 42.9. The van der Waals surface area contributed by atoms with Crippen LogP contribution in [0.1, 0.15) is 12.0 Å². The molecule has 12 heteroatoms. The van der Waals surface area contributed by atoms with E-state index in [-0.39, 0.29) is 17.1 Å². The molecule has 2 amide bonds. The number of aromatic nitrogens is 4. The molecule has 1 aliphatic rings. The van der Waals surface area contributed by atoms with Crippen LogP contribution in [-0.2, 0) is 16.1 Å². The number of thioether (sulfide) groups is 1. The Balaban J connectivity index is 1.57. The zero-order valence-corrected chi connectivity index (χ0v) is 17.3. The van der Waals surface area contributed by atoms with Crippen LogP contribution in [0, 0.1) is 0 Å². The van der Waals surface area contributed by atoms with Crippen LogP contribution in [0.5, 0.6) is 0 Å². The Hall–Kier alpha value is -3.41. The molecule has 2 heterocycles. The number of fused-ring (bicyclic) bond motifs is 1. The lowest BCUT2D eigenvalue weighted by atomic mass is 10.1. The Morgan fingerprint density at radius 2 is 1.84 bits per heavy atom. The first kappa shape index (κ1) is 21.8. The Morgan fingerprint density at radius 1 is 1.12 bits per heavy atom.